The molecule has 0 amide bonds. The van der Waals surface area contributed by atoms with Gasteiger partial charge >= 0.3 is 0 Å². The number of aryl methyl sites for hydroxylation is 1. The van der Waals surface area contributed by atoms with Crippen LogP contribution in [0.5, 0.6) is 0 Å². The van der Waals surface area contributed by atoms with Gasteiger partial charge in [0.25, 0.3) is 5.56 Å². The number of thiophene rings is 2. The van der Waals surface area contributed by atoms with Crippen molar-refractivity contribution in [3.63, 3.8) is 0 Å². The Labute approximate surface area is 197 Å². The third kappa shape index (κ3) is 3.35. The molecule has 0 saturated carbocycles. The predicted molar refractivity (Wildman–Crippen MR) is 135 cm³/mol. The summed E-state index contributed by atoms with van der Waals surface area (Å²) >= 11 is 4.84. The summed E-state index contributed by atoms with van der Waals surface area (Å²) < 4.78 is 1.78. The van der Waals surface area contributed by atoms with Gasteiger partial charge < -0.3 is 4.90 Å². The molecule has 6 rings (SSSR count). The number of aromatic nitrogens is 3. The minimum absolute atomic E-state index is 0.0389. The van der Waals surface area contributed by atoms with Crippen LogP contribution in [0.2, 0.25) is 0 Å². The molecular weight excluding hydrogens is 456 g/mol. The van der Waals surface area contributed by atoms with Crippen LogP contribution < -0.4 is 10.5 Å². The molecule has 0 atom stereocenters. The van der Waals surface area contributed by atoms with E-state index in [2.05, 4.69) is 48.2 Å². The Hall–Kier alpha value is -2.94. The lowest BCUT2D eigenvalue weighted by Crippen LogP contribution is -2.37. The first kappa shape index (κ1) is 19.7. The summed E-state index contributed by atoms with van der Waals surface area (Å²) in [4.78, 5) is 27.8. The molecule has 0 spiro atoms. The zero-order valence-corrected chi connectivity index (χ0v) is 19.6. The summed E-state index contributed by atoms with van der Waals surface area (Å²) in [6.07, 6.45) is 0. The second-order valence-corrected chi connectivity index (χ2v) is 10.4. The Morgan fingerprint density at radius 3 is 2.41 bits per heavy atom. The van der Waals surface area contributed by atoms with Crippen molar-refractivity contribution < 1.29 is 0 Å². The van der Waals surface area contributed by atoms with Gasteiger partial charge in [0.15, 0.2) is 10.8 Å². The molecule has 1 aliphatic heterocycles. The van der Waals surface area contributed by atoms with Gasteiger partial charge in [-0.1, -0.05) is 41.6 Å². The summed E-state index contributed by atoms with van der Waals surface area (Å²) in [6.45, 7) is 2.55. The molecule has 1 aliphatic rings. The molecule has 158 valence electrons. The van der Waals surface area contributed by atoms with E-state index in [0.717, 1.165) is 37.7 Å². The first-order chi connectivity index (χ1) is 15.7. The molecule has 5 nitrogen and oxygen atoms in total. The van der Waals surface area contributed by atoms with Gasteiger partial charge in [0, 0.05) is 16.1 Å². The van der Waals surface area contributed by atoms with E-state index in [-0.39, 0.29) is 5.56 Å². The molecule has 0 aliphatic carbocycles. The first-order valence-electron chi connectivity index (χ1n) is 10.1. The van der Waals surface area contributed by atoms with Crippen LogP contribution in [0.15, 0.2) is 75.3 Å². The van der Waals surface area contributed by atoms with Crippen molar-refractivity contribution in [3.8, 4) is 21.0 Å². The average Bonchev–Trinajstić information content (AvgIpc) is 3.53. The van der Waals surface area contributed by atoms with Crippen LogP contribution in [-0.4, -0.2) is 20.4 Å². The maximum atomic E-state index is 13.8. The van der Waals surface area contributed by atoms with E-state index in [4.69, 9.17) is 9.97 Å². The SMILES string of the molecule is Cc1ccc(N2CSc3nc4nc(-c5cccs5)cc(-c5cccs5)c4c(=O)n3C2)cc1. The van der Waals surface area contributed by atoms with Gasteiger partial charge in [-0.25, -0.2) is 9.97 Å². The highest BCUT2D eigenvalue weighted by Crippen LogP contribution is 2.35. The van der Waals surface area contributed by atoms with Crippen molar-refractivity contribution in [1.82, 2.24) is 14.5 Å². The standard InChI is InChI=1S/C24H18N4OS3/c1-15-6-8-16(9-7-15)27-13-28-23(29)21-17(19-4-2-10-30-19)12-18(20-5-3-11-31-20)25-22(21)26-24(28)32-14-27/h2-12H,13-14H2,1H3. The van der Waals surface area contributed by atoms with Crippen molar-refractivity contribution in [2.75, 3.05) is 10.8 Å². The molecule has 0 saturated heterocycles. The largest absolute Gasteiger partial charge is 0.343 e. The highest BCUT2D eigenvalue weighted by atomic mass is 32.2. The van der Waals surface area contributed by atoms with Crippen LogP contribution in [0.3, 0.4) is 0 Å². The lowest BCUT2D eigenvalue weighted by molar-refractivity contribution is 0.568. The fourth-order valence-electron chi connectivity index (χ4n) is 3.87. The summed E-state index contributed by atoms with van der Waals surface area (Å²) in [6, 6.07) is 18.6. The van der Waals surface area contributed by atoms with E-state index in [1.807, 2.05) is 29.0 Å². The van der Waals surface area contributed by atoms with Gasteiger partial charge in [-0.15, -0.1) is 22.7 Å². The summed E-state index contributed by atoms with van der Waals surface area (Å²) in [5.74, 6) is 0.739. The normalized spacial score (nSPS) is 13.5. The number of pyridine rings is 1. The van der Waals surface area contributed by atoms with Crippen LogP contribution in [0.1, 0.15) is 5.56 Å². The first-order valence-corrected chi connectivity index (χ1v) is 12.9. The van der Waals surface area contributed by atoms with Gasteiger partial charge in [-0.2, -0.15) is 0 Å². The second-order valence-electron chi connectivity index (χ2n) is 7.63. The van der Waals surface area contributed by atoms with Crippen LogP contribution in [0, 0.1) is 6.92 Å². The highest BCUT2D eigenvalue weighted by molar-refractivity contribution is 7.99. The van der Waals surface area contributed by atoms with Crippen molar-refractivity contribution in [3.05, 3.63) is 81.3 Å². The Kier molecular flexibility index (Phi) is 4.86. The maximum Gasteiger partial charge on any atom is 0.265 e. The van der Waals surface area contributed by atoms with Crippen LogP contribution >= 0.6 is 34.4 Å². The van der Waals surface area contributed by atoms with Crippen molar-refractivity contribution in [2.24, 2.45) is 0 Å². The fraction of sp³-hybridized carbons (Fsp3) is 0.125. The number of thioether (sulfide) groups is 1. The number of fused-ring (bicyclic) bond motifs is 2. The molecule has 4 aromatic heterocycles. The lowest BCUT2D eigenvalue weighted by Gasteiger charge is -2.30. The maximum absolute atomic E-state index is 13.8. The Morgan fingerprint density at radius 1 is 0.938 bits per heavy atom. The smallest absolute Gasteiger partial charge is 0.265 e. The third-order valence-corrected chi connectivity index (χ3v) is 8.32. The Morgan fingerprint density at radius 2 is 1.69 bits per heavy atom. The van der Waals surface area contributed by atoms with Gasteiger partial charge in [0.1, 0.15) is 6.67 Å². The minimum atomic E-state index is -0.0389. The number of benzene rings is 1. The number of anilines is 1. The summed E-state index contributed by atoms with van der Waals surface area (Å²) in [5, 5.41) is 5.38. The molecule has 8 heteroatoms. The van der Waals surface area contributed by atoms with E-state index in [1.165, 1.54) is 5.56 Å². The molecule has 5 heterocycles. The molecular formula is C24H18N4OS3. The quantitative estimate of drug-likeness (QED) is 0.297. The van der Waals surface area contributed by atoms with E-state index >= 15 is 0 Å². The molecule has 32 heavy (non-hydrogen) atoms. The molecule has 0 bridgehead atoms. The Bertz CT molecular complexity index is 1470. The molecule has 0 N–H and O–H groups in total. The van der Waals surface area contributed by atoms with Crippen LogP contribution in [-0.2, 0) is 6.67 Å². The van der Waals surface area contributed by atoms with Crippen molar-refractivity contribution in [2.45, 2.75) is 18.7 Å². The van der Waals surface area contributed by atoms with E-state index in [0.29, 0.717) is 17.7 Å². The van der Waals surface area contributed by atoms with E-state index in [9.17, 15) is 4.79 Å². The average molecular weight is 475 g/mol. The molecule has 0 fully saturated rings. The fourth-order valence-corrected chi connectivity index (χ4v) is 6.25. The Balaban J connectivity index is 1.54. The van der Waals surface area contributed by atoms with Gasteiger partial charge in [0.05, 0.1) is 21.8 Å². The van der Waals surface area contributed by atoms with Gasteiger partial charge in [-0.05, 0) is 48.0 Å². The van der Waals surface area contributed by atoms with Gasteiger partial charge in [0.2, 0.25) is 0 Å². The number of hydrogen-bond donors (Lipinski definition) is 0. The predicted octanol–water partition coefficient (Wildman–Crippen LogP) is 6.08. The molecule has 5 aromatic rings. The van der Waals surface area contributed by atoms with Crippen molar-refractivity contribution >= 4 is 51.2 Å². The minimum Gasteiger partial charge on any atom is -0.343 e. The monoisotopic (exact) mass is 474 g/mol. The number of nitrogens with zero attached hydrogens (tertiary/aromatic N) is 4. The van der Waals surface area contributed by atoms with Crippen molar-refractivity contribution in [1.29, 1.82) is 0 Å². The summed E-state index contributed by atoms with van der Waals surface area (Å²) in [7, 11) is 0. The number of rotatable bonds is 3. The number of hydrogen-bond acceptors (Lipinski definition) is 7. The van der Waals surface area contributed by atoms with Gasteiger partial charge in [-0.3, -0.25) is 9.36 Å². The zero-order chi connectivity index (χ0) is 21.7. The topological polar surface area (TPSA) is 51.0 Å². The van der Waals surface area contributed by atoms with Crippen LogP contribution in [0.4, 0.5) is 5.69 Å². The lowest BCUT2D eigenvalue weighted by atomic mass is 10.1. The van der Waals surface area contributed by atoms with E-state index in [1.54, 1.807) is 39.0 Å². The third-order valence-electron chi connectivity index (χ3n) is 5.51. The van der Waals surface area contributed by atoms with Crippen LogP contribution in [0.25, 0.3) is 32.0 Å². The molecule has 0 unspecified atom stereocenters. The highest BCUT2D eigenvalue weighted by Gasteiger charge is 2.24. The van der Waals surface area contributed by atoms with E-state index < -0.39 is 0 Å². The molecule has 1 aromatic carbocycles. The second kappa shape index (κ2) is 7.88. The molecule has 0 radical (unpaired) electrons. The summed E-state index contributed by atoms with van der Waals surface area (Å²) in [5.41, 5.74) is 4.56. The zero-order valence-electron chi connectivity index (χ0n) is 17.2.